The molecule has 0 aromatic carbocycles. The van der Waals surface area contributed by atoms with Crippen molar-refractivity contribution < 1.29 is 31.4 Å². The zero-order chi connectivity index (χ0) is 10.7. The first-order valence-electron chi connectivity index (χ1n) is 3.44. The van der Waals surface area contributed by atoms with Gasteiger partial charge in [-0.3, -0.25) is 0 Å². The van der Waals surface area contributed by atoms with Crippen molar-refractivity contribution in [3.8, 4) is 0 Å². The number of aliphatic hydroxyl groups is 1. The van der Waals surface area contributed by atoms with Gasteiger partial charge >= 0.3 is 12.4 Å². The van der Waals surface area contributed by atoms with Crippen molar-refractivity contribution in [2.24, 2.45) is 0 Å². The Balaban J connectivity index is 3.67. The predicted molar refractivity (Wildman–Crippen MR) is 32.0 cm³/mol. The smallest absolute Gasteiger partial charge is 0.384 e. The summed E-state index contributed by atoms with van der Waals surface area (Å²) < 4.78 is 68.9. The van der Waals surface area contributed by atoms with Crippen molar-refractivity contribution in [1.29, 1.82) is 0 Å². The van der Waals surface area contributed by atoms with E-state index in [-0.39, 0.29) is 0 Å². The molecule has 0 unspecified atom stereocenters. The van der Waals surface area contributed by atoms with Crippen LogP contribution in [0.2, 0.25) is 0 Å². The van der Waals surface area contributed by atoms with Gasteiger partial charge in [0.1, 0.15) is 6.10 Å². The minimum atomic E-state index is -4.83. The summed E-state index contributed by atoms with van der Waals surface area (Å²) >= 11 is 0. The first-order chi connectivity index (χ1) is 5.63. The van der Waals surface area contributed by atoms with E-state index in [9.17, 15) is 26.3 Å². The van der Waals surface area contributed by atoms with Crippen LogP contribution < -0.4 is 0 Å². The molecule has 0 aromatic rings. The molecule has 0 bridgehead atoms. The highest BCUT2D eigenvalue weighted by atomic mass is 19.4. The summed E-state index contributed by atoms with van der Waals surface area (Å²) in [5.41, 5.74) is 0. The molecule has 80 valence electrons. The summed E-state index contributed by atoms with van der Waals surface area (Å²) in [5.74, 6) is 0. The molecule has 0 heterocycles. The van der Waals surface area contributed by atoms with Crippen molar-refractivity contribution in [1.82, 2.24) is 0 Å². The lowest BCUT2D eigenvalue weighted by Crippen LogP contribution is -2.28. The molecule has 0 aliphatic heterocycles. The maximum Gasteiger partial charge on any atom is 0.414 e. The highest BCUT2D eigenvalue weighted by molar-refractivity contribution is 4.65. The van der Waals surface area contributed by atoms with E-state index in [0.717, 1.165) is 0 Å². The quantitative estimate of drug-likeness (QED) is 0.710. The zero-order valence-electron chi connectivity index (χ0n) is 6.41. The fraction of sp³-hybridized carbons (Fsp3) is 1.00. The normalized spacial score (nSPS) is 15.9. The molecule has 0 fully saturated rings. The number of hydrogen-bond acceptors (Lipinski definition) is 1. The van der Waals surface area contributed by atoms with E-state index in [4.69, 9.17) is 5.11 Å². The molecular formula is C6H8F6O. The second-order valence-electron chi connectivity index (χ2n) is 2.56. The monoisotopic (exact) mass is 210 g/mol. The largest absolute Gasteiger partial charge is 0.414 e. The molecule has 1 nitrogen and oxygen atoms in total. The minimum absolute atomic E-state index is 0.718. The van der Waals surface area contributed by atoms with E-state index in [1.54, 1.807) is 0 Å². The van der Waals surface area contributed by atoms with Gasteiger partial charge in [0.05, 0.1) is 0 Å². The lowest BCUT2D eigenvalue weighted by atomic mass is 10.1. The van der Waals surface area contributed by atoms with Crippen LogP contribution in [0.1, 0.15) is 19.3 Å². The number of hydrogen-bond donors (Lipinski definition) is 1. The summed E-state index contributed by atoms with van der Waals surface area (Å²) in [4.78, 5) is 0. The summed E-state index contributed by atoms with van der Waals surface area (Å²) in [5, 5.41) is 8.29. The van der Waals surface area contributed by atoms with Gasteiger partial charge in [-0.2, -0.15) is 26.3 Å². The van der Waals surface area contributed by atoms with Crippen LogP contribution in [-0.2, 0) is 0 Å². The van der Waals surface area contributed by atoms with Crippen LogP contribution in [-0.4, -0.2) is 23.6 Å². The Morgan fingerprint density at radius 1 is 1.00 bits per heavy atom. The maximum atomic E-state index is 11.5. The molecule has 13 heavy (non-hydrogen) atoms. The van der Waals surface area contributed by atoms with Crippen molar-refractivity contribution >= 4 is 0 Å². The van der Waals surface area contributed by atoms with Crippen LogP contribution in [0, 0.1) is 0 Å². The number of alkyl halides is 6. The van der Waals surface area contributed by atoms with E-state index in [1.165, 1.54) is 0 Å². The topological polar surface area (TPSA) is 20.2 Å². The van der Waals surface area contributed by atoms with Crippen molar-refractivity contribution in [2.75, 3.05) is 0 Å². The summed E-state index contributed by atoms with van der Waals surface area (Å²) in [7, 11) is 0. The Kier molecular flexibility index (Phi) is 4.02. The van der Waals surface area contributed by atoms with E-state index >= 15 is 0 Å². The van der Waals surface area contributed by atoms with E-state index in [2.05, 4.69) is 0 Å². The van der Waals surface area contributed by atoms with E-state index in [1.807, 2.05) is 0 Å². The van der Waals surface area contributed by atoms with Crippen molar-refractivity contribution in [3.63, 3.8) is 0 Å². The van der Waals surface area contributed by atoms with E-state index in [0.29, 0.717) is 0 Å². The Bertz CT molecular complexity index is 148. The van der Waals surface area contributed by atoms with Gasteiger partial charge in [-0.15, -0.1) is 0 Å². The molecule has 0 spiro atoms. The Hall–Kier alpha value is -0.460. The van der Waals surface area contributed by atoms with Crippen LogP contribution in [0.4, 0.5) is 26.3 Å². The van der Waals surface area contributed by atoms with Gasteiger partial charge in [-0.1, -0.05) is 0 Å². The summed E-state index contributed by atoms with van der Waals surface area (Å²) in [6.45, 7) is 0. The second kappa shape index (κ2) is 4.17. The number of rotatable bonds is 3. The predicted octanol–water partition coefficient (Wildman–Crippen LogP) is 2.64. The molecule has 0 aliphatic carbocycles. The Morgan fingerprint density at radius 2 is 1.46 bits per heavy atom. The highest BCUT2D eigenvalue weighted by Gasteiger charge is 2.38. The first-order valence-corrected chi connectivity index (χ1v) is 3.44. The maximum absolute atomic E-state index is 11.5. The molecule has 0 radical (unpaired) electrons. The average Bonchev–Trinajstić information content (AvgIpc) is 1.82. The van der Waals surface area contributed by atoms with Gasteiger partial charge in [0.25, 0.3) is 0 Å². The third kappa shape index (κ3) is 6.68. The van der Waals surface area contributed by atoms with Gasteiger partial charge < -0.3 is 5.11 Å². The fourth-order valence-electron chi connectivity index (χ4n) is 0.660. The number of aliphatic hydroxyl groups excluding tert-OH is 1. The molecule has 0 saturated carbocycles. The molecule has 0 amide bonds. The van der Waals surface area contributed by atoms with Gasteiger partial charge in [0, 0.05) is 6.42 Å². The van der Waals surface area contributed by atoms with Gasteiger partial charge in [0.2, 0.25) is 0 Å². The molecule has 7 heteroatoms. The van der Waals surface area contributed by atoms with Gasteiger partial charge in [-0.05, 0) is 12.8 Å². The zero-order valence-corrected chi connectivity index (χ0v) is 6.41. The van der Waals surface area contributed by atoms with Crippen LogP contribution >= 0.6 is 0 Å². The Labute approximate surface area is 70.4 Å². The first kappa shape index (κ1) is 12.5. The lowest BCUT2D eigenvalue weighted by molar-refractivity contribution is -0.208. The summed E-state index contributed by atoms with van der Waals surface area (Å²) in [6, 6.07) is 0. The standard InChI is InChI=1S/C6H8F6O/c7-5(8,9)3-1-2-4(13)6(10,11)12/h4,13H,1-3H2/t4-/m0/s1. The van der Waals surface area contributed by atoms with Crippen LogP contribution in [0.15, 0.2) is 0 Å². The third-order valence-electron chi connectivity index (χ3n) is 1.32. The van der Waals surface area contributed by atoms with Crippen LogP contribution in [0.3, 0.4) is 0 Å². The SMILES string of the molecule is O[C@@H](CCCC(F)(F)F)C(F)(F)F. The van der Waals surface area contributed by atoms with E-state index < -0.39 is 37.7 Å². The molecule has 0 rings (SSSR count). The lowest BCUT2D eigenvalue weighted by Gasteiger charge is -2.14. The molecule has 0 aliphatic rings. The fourth-order valence-corrected chi connectivity index (χ4v) is 0.660. The molecule has 1 N–H and O–H groups in total. The second-order valence-corrected chi connectivity index (χ2v) is 2.56. The molecule has 1 atom stereocenters. The van der Waals surface area contributed by atoms with Crippen molar-refractivity contribution in [3.05, 3.63) is 0 Å². The molecule has 0 aromatic heterocycles. The number of halogens is 6. The molecular weight excluding hydrogens is 202 g/mol. The third-order valence-corrected chi connectivity index (χ3v) is 1.32. The molecule has 0 saturated heterocycles. The van der Waals surface area contributed by atoms with Gasteiger partial charge in [0.15, 0.2) is 0 Å². The van der Waals surface area contributed by atoms with Gasteiger partial charge in [-0.25, -0.2) is 0 Å². The Morgan fingerprint density at radius 3 is 1.77 bits per heavy atom. The van der Waals surface area contributed by atoms with Crippen molar-refractivity contribution in [2.45, 2.75) is 37.7 Å². The minimum Gasteiger partial charge on any atom is -0.384 e. The highest BCUT2D eigenvalue weighted by Crippen LogP contribution is 2.27. The van der Waals surface area contributed by atoms with Crippen LogP contribution in [0.25, 0.3) is 0 Å². The van der Waals surface area contributed by atoms with Crippen LogP contribution in [0.5, 0.6) is 0 Å². The summed E-state index contributed by atoms with van der Waals surface area (Å²) in [6.07, 6.45) is -14.9. The average molecular weight is 210 g/mol.